The first-order chi connectivity index (χ1) is 9.62. The molecule has 0 aromatic heterocycles. The van der Waals surface area contributed by atoms with Crippen LogP contribution in [0.5, 0.6) is 0 Å². The Hall–Kier alpha value is -1.54. The highest BCUT2D eigenvalue weighted by Crippen LogP contribution is 2.16. The van der Waals surface area contributed by atoms with Gasteiger partial charge in [-0.15, -0.1) is 0 Å². The van der Waals surface area contributed by atoms with E-state index >= 15 is 0 Å². The predicted octanol–water partition coefficient (Wildman–Crippen LogP) is 1.88. The van der Waals surface area contributed by atoms with E-state index in [1.165, 1.54) is 0 Å². The molecule has 0 bridgehead atoms. The summed E-state index contributed by atoms with van der Waals surface area (Å²) in [6, 6.07) is 1.67. The van der Waals surface area contributed by atoms with E-state index < -0.39 is 45.0 Å². The van der Waals surface area contributed by atoms with Crippen molar-refractivity contribution in [1.82, 2.24) is 4.72 Å². The van der Waals surface area contributed by atoms with Gasteiger partial charge in [-0.25, -0.2) is 21.9 Å². The zero-order valence-corrected chi connectivity index (χ0v) is 12.5. The van der Waals surface area contributed by atoms with Crippen LogP contribution in [0.3, 0.4) is 0 Å². The lowest BCUT2D eigenvalue weighted by Crippen LogP contribution is -2.42. The lowest BCUT2D eigenvalue weighted by atomic mass is 10.1. The number of rotatable bonds is 7. The minimum Gasteiger partial charge on any atom is -0.480 e. The summed E-state index contributed by atoms with van der Waals surface area (Å²) in [4.78, 5) is 11.0. The van der Waals surface area contributed by atoms with Crippen molar-refractivity contribution < 1.29 is 27.1 Å². The molecule has 0 fully saturated rings. The number of hydrogen-bond acceptors (Lipinski definition) is 3. The van der Waals surface area contributed by atoms with E-state index in [2.05, 4.69) is 0 Å². The number of nitrogens with one attached hydrogen (secondary N) is 1. The van der Waals surface area contributed by atoms with Crippen LogP contribution in [0.15, 0.2) is 18.2 Å². The third kappa shape index (κ3) is 5.39. The molecule has 2 N–H and O–H groups in total. The molecule has 0 saturated heterocycles. The fraction of sp³-hybridized carbons (Fsp3) is 0.462. The van der Waals surface area contributed by atoms with Crippen molar-refractivity contribution in [1.29, 1.82) is 0 Å². The second-order valence-corrected chi connectivity index (χ2v) is 6.85. The molecule has 0 amide bonds. The maximum atomic E-state index is 13.4. The van der Waals surface area contributed by atoms with Gasteiger partial charge in [0.1, 0.15) is 17.7 Å². The molecule has 5 nitrogen and oxygen atoms in total. The third-order valence-corrected chi connectivity index (χ3v) is 4.04. The molecular weight excluding hydrogens is 304 g/mol. The van der Waals surface area contributed by atoms with Crippen LogP contribution in [0.2, 0.25) is 0 Å². The maximum absolute atomic E-state index is 13.4. The summed E-state index contributed by atoms with van der Waals surface area (Å²) in [6.07, 6.45) is 0.0777. The number of hydrogen-bond donors (Lipinski definition) is 2. The van der Waals surface area contributed by atoms with Crippen molar-refractivity contribution in [3.05, 3.63) is 35.4 Å². The highest BCUT2D eigenvalue weighted by Gasteiger charge is 2.26. The van der Waals surface area contributed by atoms with Crippen molar-refractivity contribution >= 4 is 16.0 Å². The van der Waals surface area contributed by atoms with Crippen LogP contribution in [0.4, 0.5) is 8.78 Å². The summed E-state index contributed by atoms with van der Waals surface area (Å²) in [5, 5.41) is 8.99. The van der Waals surface area contributed by atoms with E-state index in [1.807, 2.05) is 4.72 Å². The Morgan fingerprint density at radius 1 is 1.29 bits per heavy atom. The molecule has 0 aliphatic heterocycles. The summed E-state index contributed by atoms with van der Waals surface area (Å²) in [6.45, 7) is 3.47. The van der Waals surface area contributed by atoms with Gasteiger partial charge >= 0.3 is 5.97 Å². The first-order valence-corrected chi connectivity index (χ1v) is 7.93. The smallest absolute Gasteiger partial charge is 0.321 e. The summed E-state index contributed by atoms with van der Waals surface area (Å²) in [5.74, 6) is -4.32. The van der Waals surface area contributed by atoms with Crippen LogP contribution in [0.25, 0.3) is 0 Å². The molecule has 0 aliphatic rings. The van der Waals surface area contributed by atoms with Crippen molar-refractivity contribution in [2.75, 3.05) is 0 Å². The van der Waals surface area contributed by atoms with Gasteiger partial charge in [0.2, 0.25) is 10.0 Å². The number of sulfonamides is 1. The Balaban J connectivity index is 2.93. The Kier molecular flexibility index (Phi) is 5.79. The number of halogens is 2. The zero-order valence-electron chi connectivity index (χ0n) is 11.6. The van der Waals surface area contributed by atoms with E-state index in [1.54, 1.807) is 13.8 Å². The van der Waals surface area contributed by atoms with Crippen LogP contribution >= 0.6 is 0 Å². The fourth-order valence-electron chi connectivity index (χ4n) is 1.79. The van der Waals surface area contributed by atoms with E-state index in [9.17, 15) is 22.0 Å². The first-order valence-electron chi connectivity index (χ1n) is 6.28. The average Bonchev–Trinajstić information content (AvgIpc) is 2.32. The van der Waals surface area contributed by atoms with Gasteiger partial charge in [0, 0.05) is 5.56 Å². The molecule has 1 aromatic carbocycles. The topological polar surface area (TPSA) is 83.5 Å². The SMILES string of the molecule is CC(C)CC(NS(=O)(=O)Cc1c(F)cccc1F)C(=O)O. The number of benzene rings is 1. The minimum absolute atomic E-state index is 0.0565. The monoisotopic (exact) mass is 321 g/mol. The predicted molar refractivity (Wildman–Crippen MR) is 73.0 cm³/mol. The van der Waals surface area contributed by atoms with Gasteiger partial charge in [-0.2, -0.15) is 0 Å². The summed E-state index contributed by atoms with van der Waals surface area (Å²) in [7, 11) is -4.18. The normalized spacial score (nSPS) is 13.4. The molecule has 21 heavy (non-hydrogen) atoms. The third-order valence-electron chi connectivity index (χ3n) is 2.72. The molecule has 0 spiro atoms. The Bertz CT molecular complexity index is 596. The molecule has 1 rings (SSSR count). The fourth-order valence-corrected chi connectivity index (χ4v) is 3.16. The van der Waals surface area contributed by atoms with Crippen LogP contribution < -0.4 is 4.72 Å². The highest BCUT2D eigenvalue weighted by atomic mass is 32.2. The molecule has 8 heteroatoms. The molecule has 0 heterocycles. The van der Waals surface area contributed by atoms with Crippen molar-refractivity contribution in [3.8, 4) is 0 Å². The molecule has 1 aromatic rings. The second-order valence-electron chi connectivity index (χ2n) is 5.10. The van der Waals surface area contributed by atoms with E-state index in [0.717, 1.165) is 18.2 Å². The molecule has 1 unspecified atom stereocenters. The molecular formula is C13H17F2NO4S. The Morgan fingerprint density at radius 3 is 2.24 bits per heavy atom. The van der Waals surface area contributed by atoms with Crippen molar-refractivity contribution in [3.63, 3.8) is 0 Å². The molecule has 0 aliphatic carbocycles. The Labute approximate surface area is 122 Å². The van der Waals surface area contributed by atoms with Crippen LogP contribution in [-0.2, 0) is 20.6 Å². The largest absolute Gasteiger partial charge is 0.480 e. The molecule has 118 valence electrons. The van der Waals surface area contributed by atoms with Crippen LogP contribution in [0.1, 0.15) is 25.8 Å². The number of carboxylic acids is 1. The van der Waals surface area contributed by atoms with Gasteiger partial charge < -0.3 is 5.11 Å². The van der Waals surface area contributed by atoms with Gasteiger partial charge in [0.15, 0.2) is 0 Å². The van der Waals surface area contributed by atoms with Crippen LogP contribution in [0, 0.1) is 17.6 Å². The average molecular weight is 321 g/mol. The molecule has 1 atom stereocenters. The summed E-state index contributed by atoms with van der Waals surface area (Å²) in [5.41, 5.74) is -0.612. The highest BCUT2D eigenvalue weighted by molar-refractivity contribution is 7.88. The molecule has 0 saturated carbocycles. The minimum atomic E-state index is -4.18. The molecule has 0 radical (unpaired) electrons. The van der Waals surface area contributed by atoms with E-state index in [4.69, 9.17) is 5.11 Å². The number of carbonyl (C=O) groups is 1. The van der Waals surface area contributed by atoms with Gasteiger partial charge in [0.25, 0.3) is 0 Å². The van der Waals surface area contributed by atoms with E-state index in [-0.39, 0.29) is 12.3 Å². The van der Waals surface area contributed by atoms with Crippen LogP contribution in [-0.4, -0.2) is 25.5 Å². The quantitative estimate of drug-likeness (QED) is 0.803. The first kappa shape index (κ1) is 17.5. The number of carboxylic acid groups (broad SMARTS) is 1. The van der Waals surface area contributed by atoms with Crippen molar-refractivity contribution in [2.45, 2.75) is 32.1 Å². The van der Waals surface area contributed by atoms with Gasteiger partial charge in [0.05, 0.1) is 5.75 Å². The standard InChI is InChI=1S/C13H17F2NO4S/c1-8(2)6-12(13(17)18)16-21(19,20)7-9-10(14)4-3-5-11(9)15/h3-5,8,12,16H,6-7H2,1-2H3,(H,17,18). The van der Waals surface area contributed by atoms with Crippen molar-refractivity contribution in [2.24, 2.45) is 5.92 Å². The summed E-state index contributed by atoms with van der Waals surface area (Å²) < 4.78 is 52.6. The number of aliphatic carboxylic acids is 1. The maximum Gasteiger partial charge on any atom is 0.321 e. The lowest BCUT2D eigenvalue weighted by molar-refractivity contribution is -0.139. The summed E-state index contributed by atoms with van der Waals surface area (Å²) >= 11 is 0. The van der Waals surface area contributed by atoms with Gasteiger partial charge in [-0.1, -0.05) is 19.9 Å². The second kappa shape index (κ2) is 6.95. The van der Waals surface area contributed by atoms with E-state index in [0.29, 0.717) is 0 Å². The Morgan fingerprint density at radius 2 is 1.81 bits per heavy atom. The van der Waals surface area contributed by atoms with Gasteiger partial charge in [-0.3, -0.25) is 4.79 Å². The van der Waals surface area contributed by atoms with Gasteiger partial charge in [-0.05, 0) is 24.5 Å². The lowest BCUT2D eigenvalue weighted by Gasteiger charge is -2.16. The zero-order chi connectivity index (χ0) is 16.2.